The summed E-state index contributed by atoms with van der Waals surface area (Å²) in [4.78, 5) is 41.9. The van der Waals surface area contributed by atoms with E-state index in [1.165, 1.54) is 4.90 Å². The molecule has 10 heteroatoms. The summed E-state index contributed by atoms with van der Waals surface area (Å²) in [6.07, 6.45) is -4.69. The average Bonchev–Trinajstić information content (AvgIpc) is 2.70. The van der Waals surface area contributed by atoms with Crippen molar-refractivity contribution in [1.29, 1.82) is 0 Å². The zero-order chi connectivity index (χ0) is 22.8. The number of pyridine rings is 1. The van der Waals surface area contributed by atoms with Gasteiger partial charge in [-0.05, 0) is 37.1 Å². The largest absolute Gasteiger partial charge is 0.431 e. The number of hydrogen-bond donors (Lipinski definition) is 2. The summed E-state index contributed by atoms with van der Waals surface area (Å²) in [5.74, 6) is -0.800. The maximum Gasteiger partial charge on any atom is 0.431 e. The number of piperazine rings is 1. The minimum absolute atomic E-state index is 0.149. The number of hydrogen-bond acceptors (Lipinski definition) is 4. The van der Waals surface area contributed by atoms with Gasteiger partial charge in [0.15, 0.2) is 0 Å². The number of amides is 2. The summed E-state index contributed by atoms with van der Waals surface area (Å²) in [7, 11) is 0. The highest BCUT2D eigenvalue weighted by Crippen LogP contribution is 2.26. The van der Waals surface area contributed by atoms with E-state index in [1.54, 1.807) is 4.98 Å². The van der Waals surface area contributed by atoms with Gasteiger partial charge >= 0.3 is 6.18 Å². The molecule has 31 heavy (non-hydrogen) atoms. The Morgan fingerprint density at radius 1 is 1.03 bits per heavy atom. The standard InChI is InChI=1S/C21H23F3N4O3/c1-13-4-3-5-14(2)18(13)26-17(29)12-27-8-10-28(11-9-27)20(31)15-6-7-16(21(22,23)24)25-19(15)30/h3-7H,8-12H2,1-2H3,(H,25,30)(H,26,29). The molecule has 2 N–H and O–H groups in total. The van der Waals surface area contributed by atoms with Crippen LogP contribution in [0.25, 0.3) is 0 Å². The molecule has 0 radical (unpaired) electrons. The Labute approximate surface area is 176 Å². The lowest BCUT2D eigenvalue weighted by molar-refractivity contribution is -0.141. The molecule has 1 aromatic heterocycles. The van der Waals surface area contributed by atoms with Gasteiger partial charge in [-0.2, -0.15) is 13.2 Å². The third kappa shape index (κ3) is 5.32. The zero-order valence-corrected chi connectivity index (χ0v) is 17.2. The molecule has 2 amide bonds. The Balaban J connectivity index is 1.56. The Morgan fingerprint density at radius 3 is 2.19 bits per heavy atom. The third-order valence-corrected chi connectivity index (χ3v) is 5.22. The summed E-state index contributed by atoms with van der Waals surface area (Å²) < 4.78 is 38.0. The van der Waals surface area contributed by atoms with Crippen molar-refractivity contribution in [2.45, 2.75) is 20.0 Å². The molecular formula is C21H23F3N4O3. The Kier molecular flexibility index (Phi) is 6.49. The van der Waals surface area contributed by atoms with Crippen LogP contribution in [0.15, 0.2) is 35.1 Å². The van der Waals surface area contributed by atoms with E-state index in [0.29, 0.717) is 19.2 Å². The molecule has 7 nitrogen and oxygen atoms in total. The number of H-pyrrole nitrogens is 1. The minimum Gasteiger partial charge on any atom is -0.336 e. The molecule has 0 aliphatic carbocycles. The number of carbonyl (C=O) groups excluding carboxylic acids is 2. The van der Waals surface area contributed by atoms with E-state index in [2.05, 4.69) is 5.32 Å². The van der Waals surface area contributed by atoms with Crippen molar-refractivity contribution < 1.29 is 22.8 Å². The van der Waals surface area contributed by atoms with Crippen molar-refractivity contribution in [1.82, 2.24) is 14.8 Å². The Hall–Kier alpha value is -3.14. The molecule has 0 bridgehead atoms. The number of aromatic amines is 1. The number of nitrogens with zero attached hydrogens (tertiary/aromatic N) is 2. The van der Waals surface area contributed by atoms with E-state index in [-0.39, 0.29) is 31.1 Å². The number of nitrogens with one attached hydrogen (secondary N) is 2. The van der Waals surface area contributed by atoms with Crippen molar-refractivity contribution in [3.8, 4) is 0 Å². The topological polar surface area (TPSA) is 85.5 Å². The predicted molar refractivity (Wildman–Crippen MR) is 109 cm³/mol. The highest BCUT2D eigenvalue weighted by molar-refractivity contribution is 5.94. The minimum atomic E-state index is -4.69. The number of aromatic nitrogens is 1. The molecule has 1 aromatic carbocycles. The molecule has 1 saturated heterocycles. The molecule has 2 aromatic rings. The molecule has 0 saturated carbocycles. The summed E-state index contributed by atoms with van der Waals surface area (Å²) in [6.45, 7) is 5.31. The van der Waals surface area contributed by atoms with Crippen LogP contribution in [0.5, 0.6) is 0 Å². The van der Waals surface area contributed by atoms with Gasteiger partial charge in [0.1, 0.15) is 11.3 Å². The molecule has 1 aliphatic rings. The first-order valence-corrected chi connectivity index (χ1v) is 9.74. The van der Waals surface area contributed by atoms with Gasteiger partial charge in [0.05, 0.1) is 6.54 Å². The monoisotopic (exact) mass is 436 g/mol. The number of alkyl halides is 3. The molecule has 0 atom stereocenters. The fraction of sp³-hybridized carbons (Fsp3) is 0.381. The summed E-state index contributed by atoms with van der Waals surface area (Å²) in [5.41, 5.74) is 0.0946. The summed E-state index contributed by atoms with van der Waals surface area (Å²) in [6, 6.07) is 7.32. The number of halogens is 3. The van der Waals surface area contributed by atoms with E-state index < -0.39 is 23.3 Å². The van der Waals surface area contributed by atoms with Gasteiger partial charge in [-0.15, -0.1) is 0 Å². The molecule has 3 rings (SSSR count). The third-order valence-electron chi connectivity index (χ3n) is 5.22. The highest BCUT2D eigenvalue weighted by atomic mass is 19.4. The first-order chi connectivity index (χ1) is 14.6. The van der Waals surface area contributed by atoms with Crippen LogP contribution in [0.2, 0.25) is 0 Å². The van der Waals surface area contributed by atoms with Crippen LogP contribution in [-0.4, -0.2) is 59.3 Å². The van der Waals surface area contributed by atoms with Crippen molar-refractivity contribution >= 4 is 17.5 Å². The van der Waals surface area contributed by atoms with Crippen LogP contribution < -0.4 is 10.9 Å². The van der Waals surface area contributed by atoms with Crippen molar-refractivity contribution in [3.05, 3.63) is 63.1 Å². The molecule has 1 aliphatic heterocycles. The lowest BCUT2D eigenvalue weighted by atomic mass is 10.1. The van der Waals surface area contributed by atoms with E-state index in [0.717, 1.165) is 22.9 Å². The Bertz CT molecular complexity index is 1020. The van der Waals surface area contributed by atoms with Crippen molar-refractivity contribution in [2.24, 2.45) is 0 Å². The van der Waals surface area contributed by atoms with Gasteiger partial charge < -0.3 is 15.2 Å². The van der Waals surface area contributed by atoms with Gasteiger partial charge in [-0.3, -0.25) is 19.3 Å². The van der Waals surface area contributed by atoms with E-state index in [4.69, 9.17) is 0 Å². The van der Waals surface area contributed by atoms with Gasteiger partial charge in [-0.1, -0.05) is 18.2 Å². The maximum atomic E-state index is 12.7. The second kappa shape index (κ2) is 8.93. The van der Waals surface area contributed by atoms with Crippen LogP contribution in [-0.2, 0) is 11.0 Å². The lowest BCUT2D eigenvalue weighted by Gasteiger charge is -2.34. The molecule has 166 valence electrons. The van der Waals surface area contributed by atoms with E-state index >= 15 is 0 Å². The number of benzene rings is 1. The second-order valence-corrected chi connectivity index (χ2v) is 7.50. The smallest absolute Gasteiger partial charge is 0.336 e. The number of carbonyl (C=O) groups is 2. The SMILES string of the molecule is Cc1cccc(C)c1NC(=O)CN1CCN(C(=O)c2ccc(C(F)(F)F)[nH]c2=O)CC1. The zero-order valence-electron chi connectivity index (χ0n) is 17.2. The van der Waals surface area contributed by atoms with Crippen molar-refractivity contribution in [2.75, 3.05) is 38.0 Å². The van der Waals surface area contributed by atoms with Crippen LogP contribution in [0.4, 0.5) is 18.9 Å². The predicted octanol–water partition coefficient (Wildman–Crippen LogP) is 2.41. The van der Waals surface area contributed by atoms with Crippen molar-refractivity contribution in [3.63, 3.8) is 0 Å². The first-order valence-electron chi connectivity index (χ1n) is 9.74. The van der Waals surface area contributed by atoms with Crippen LogP contribution in [0.3, 0.4) is 0 Å². The van der Waals surface area contributed by atoms with E-state index in [9.17, 15) is 27.6 Å². The Morgan fingerprint density at radius 2 is 1.65 bits per heavy atom. The fourth-order valence-electron chi connectivity index (χ4n) is 3.48. The quantitative estimate of drug-likeness (QED) is 0.771. The van der Waals surface area contributed by atoms with Gasteiger partial charge in [-0.25, -0.2) is 0 Å². The average molecular weight is 436 g/mol. The number of para-hydroxylation sites is 1. The number of aryl methyl sites for hydroxylation is 2. The normalized spacial score (nSPS) is 15.1. The van der Waals surface area contributed by atoms with E-state index in [1.807, 2.05) is 36.9 Å². The van der Waals surface area contributed by atoms with Gasteiger partial charge in [0, 0.05) is 31.9 Å². The highest BCUT2D eigenvalue weighted by Gasteiger charge is 2.33. The molecule has 0 unspecified atom stereocenters. The van der Waals surface area contributed by atoms with Gasteiger partial charge in [0.2, 0.25) is 5.91 Å². The lowest BCUT2D eigenvalue weighted by Crippen LogP contribution is -2.51. The number of rotatable bonds is 4. The summed E-state index contributed by atoms with van der Waals surface area (Å²) in [5, 5.41) is 2.91. The van der Waals surface area contributed by atoms with Crippen LogP contribution in [0, 0.1) is 13.8 Å². The van der Waals surface area contributed by atoms with Gasteiger partial charge in [0.25, 0.3) is 11.5 Å². The molecule has 2 heterocycles. The molecule has 0 spiro atoms. The first kappa shape index (κ1) is 22.5. The number of anilines is 1. The maximum absolute atomic E-state index is 12.7. The second-order valence-electron chi connectivity index (χ2n) is 7.50. The van der Waals surface area contributed by atoms with Crippen LogP contribution >= 0.6 is 0 Å². The summed E-state index contributed by atoms with van der Waals surface area (Å²) >= 11 is 0. The van der Waals surface area contributed by atoms with Crippen LogP contribution in [0.1, 0.15) is 27.2 Å². The molecular weight excluding hydrogens is 413 g/mol. The fourth-order valence-corrected chi connectivity index (χ4v) is 3.48. The molecule has 1 fully saturated rings.